The maximum Gasteiger partial charge on any atom is 0.235 e. The molecule has 1 heterocycles. The second kappa shape index (κ2) is 4.13. The Hall–Kier alpha value is -1.84. The van der Waals surface area contributed by atoms with E-state index in [1.54, 1.807) is 0 Å². The number of hydrogen-bond acceptors (Lipinski definition) is 3. The Morgan fingerprint density at radius 1 is 1.47 bits per heavy atom. The van der Waals surface area contributed by atoms with Gasteiger partial charge in [0.05, 0.1) is 11.5 Å². The SMILES string of the molecule is O=[N+]([O-])/C=C/c1ccc2c(c1)CCCO2. The highest BCUT2D eigenvalue weighted by Gasteiger charge is 2.09. The van der Waals surface area contributed by atoms with Crippen molar-refractivity contribution in [2.45, 2.75) is 12.8 Å². The van der Waals surface area contributed by atoms with Crippen molar-refractivity contribution in [3.63, 3.8) is 0 Å². The number of nitrogens with zero attached hydrogens (tertiary/aromatic N) is 1. The molecule has 0 unspecified atom stereocenters. The van der Waals surface area contributed by atoms with Crippen LogP contribution in [0.2, 0.25) is 0 Å². The summed E-state index contributed by atoms with van der Waals surface area (Å²) in [6, 6.07) is 5.63. The molecule has 1 aromatic rings. The van der Waals surface area contributed by atoms with Crippen molar-refractivity contribution in [2.75, 3.05) is 6.61 Å². The van der Waals surface area contributed by atoms with E-state index in [1.807, 2.05) is 18.2 Å². The van der Waals surface area contributed by atoms with E-state index in [1.165, 1.54) is 6.08 Å². The van der Waals surface area contributed by atoms with Gasteiger partial charge in [-0.2, -0.15) is 0 Å². The van der Waals surface area contributed by atoms with Crippen molar-refractivity contribution < 1.29 is 9.66 Å². The third kappa shape index (κ3) is 2.34. The summed E-state index contributed by atoms with van der Waals surface area (Å²) >= 11 is 0. The highest BCUT2D eigenvalue weighted by atomic mass is 16.6. The normalized spacial score (nSPS) is 14.7. The fourth-order valence-corrected chi connectivity index (χ4v) is 1.63. The summed E-state index contributed by atoms with van der Waals surface area (Å²) in [6.07, 6.45) is 4.44. The fraction of sp³-hybridized carbons (Fsp3) is 0.273. The number of rotatable bonds is 2. The van der Waals surface area contributed by atoms with Crippen molar-refractivity contribution in [1.82, 2.24) is 0 Å². The Morgan fingerprint density at radius 3 is 3.13 bits per heavy atom. The topological polar surface area (TPSA) is 52.4 Å². The Balaban J connectivity index is 2.24. The third-order valence-corrected chi connectivity index (χ3v) is 2.32. The van der Waals surface area contributed by atoms with Crippen LogP contribution in [0.1, 0.15) is 17.5 Å². The molecular formula is C11H11NO3. The Labute approximate surface area is 87.3 Å². The first-order valence-electron chi connectivity index (χ1n) is 4.83. The van der Waals surface area contributed by atoms with Crippen molar-refractivity contribution in [1.29, 1.82) is 0 Å². The van der Waals surface area contributed by atoms with E-state index in [2.05, 4.69) is 0 Å². The zero-order valence-electron chi connectivity index (χ0n) is 8.18. The molecule has 78 valence electrons. The molecule has 0 fully saturated rings. The number of ether oxygens (including phenoxy) is 1. The molecule has 0 aromatic heterocycles. The summed E-state index contributed by atoms with van der Waals surface area (Å²) in [5.74, 6) is 0.902. The molecule has 15 heavy (non-hydrogen) atoms. The summed E-state index contributed by atoms with van der Waals surface area (Å²) in [7, 11) is 0. The van der Waals surface area contributed by atoms with Crippen LogP contribution in [-0.4, -0.2) is 11.5 Å². The van der Waals surface area contributed by atoms with Crippen LogP contribution in [0.15, 0.2) is 24.4 Å². The predicted octanol–water partition coefficient (Wildman–Crippen LogP) is 2.26. The first kappa shape index (κ1) is 9.71. The van der Waals surface area contributed by atoms with Gasteiger partial charge in [-0.25, -0.2) is 0 Å². The zero-order chi connectivity index (χ0) is 10.7. The van der Waals surface area contributed by atoms with Crippen LogP contribution >= 0.6 is 0 Å². The maximum absolute atomic E-state index is 10.2. The van der Waals surface area contributed by atoms with Gasteiger partial charge in [-0.3, -0.25) is 10.1 Å². The smallest absolute Gasteiger partial charge is 0.235 e. The fourth-order valence-electron chi connectivity index (χ4n) is 1.63. The Morgan fingerprint density at radius 2 is 2.33 bits per heavy atom. The van der Waals surface area contributed by atoms with Gasteiger partial charge in [0, 0.05) is 6.08 Å². The molecule has 4 nitrogen and oxygen atoms in total. The summed E-state index contributed by atoms with van der Waals surface area (Å²) in [5.41, 5.74) is 1.97. The summed E-state index contributed by atoms with van der Waals surface area (Å²) in [4.78, 5) is 9.69. The lowest BCUT2D eigenvalue weighted by molar-refractivity contribution is -0.400. The van der Waals surface area contributed by atoms with E-state index in [4.69, 9.17) is 4.74 Å². The Bertz CT molecular complexity index is 412. The molecule has 0 spiro atoms. The van der Waals surface area contributed by atoms with Gasteiger partial charge in [0.25, 0.3) is 0 Å². The molecule has 4 heteroatoms. The highest BCUT2D eigenvalue weighted by Crippen LogP contribution is 2.25. The molecule has 0 radical (unpaired) electrons. The molecule has 0 atom stereocenters. The van der Waals surface area contributed by atoms with Gasteiger partial charge < -0.3 is 4.74 Å². The van der Waals surface area contributed by atoms with Gasteiger partial charge in [0.15, 0.2) is 0 Å². The average molecular weight is 205 g/mol. The molecule has 2 rings (SSSR count). The number of fused-ring (bicyclic) bond motifs is 1. The van der Waals surface area contributed by atoms with E-state index in [0.29, 0.717) is 0 Å². The minimum absolute atomic E-state index is 0.462. The maximum atomic E-state index is 10.2. The molecule has 1 aliphatic heterocycles. The minimum Gasteiger partial charge on any atom is -0.493 e. The van der Waals surface area contributed by atoms with Crippen molar-refractivity contribution in [2.24, 2.45) is 0 Å². The third-order valence-electron chi connectivity index (χ3n) is 2.32. The van der Waals surface area contributed by atoms with Crippen molar-refractivity contribution >= 4 is 6.08 Å². The minimum atomic E-state index is -0.462. The molecule has 0 aliphatic carbocycles. The van der Waals surface area contributed by atoms with Crippen LogP contribution in [0.5, 0.6) is 5.75 Å². The molecule has 0 bridgehead atoms. The Kier molecular flexibility index (Phi) is 2.67. The lowest BCUT2D eigenvalue weighted by Crippen LogP contribution is -2.08. The van der Waals surface area contributed by atoms with Gasteiger partial charge in [-0.15, -0.1) is 0 Å². The molecule has 0 saturated carbocycles. The van der Waals surface area contributed by atoms with Crippen LogP contribution in [0, 0.1) is 10.1 Å². The molecule has 0 amide bonds. The van der Waals surface area contributed by atoms with Crippen molar-refractivity contribution in [3.05, 3.63) is 45.6 Å². The van der Waals surface area contributed by atoms with E-state index in [9.17, 15) is 10.1 Å². The van der Waals surface area contributed by atoms with Crippen molar-refractivity contribution in [3.8, 4) is 5.75 Å². The summed E-state index contributed by atoms with van der Waals surface area (Å²) < 4.78 is 5.45. The van der Waals surface area contributed by atoms with E-state index in [0.717, 1.165) is 42.5 Å². The lowest BCUT2D eigenvalue weighted by atomic mass is 10.0. The van der Waals surface area contributed by atoms with Crippen LogP contribution in [0.3, 0.4) is 0 Å². The second-order valence-electron chi connectivity index (χ2n) is 3.42. The van der Waals surface area contributed by atoms with Crippen LogP contribution in [0.25, 0.3) is 6.08 Å². The summed E-state index contributed by atoms with van der Waals surface area (Å²) in [6.45, 7) is 0.761. The first-order valence-corrected chi connectivity index (χ1v) is 4.83. The van der Waals surface area contributed by atoms with Gasteiger partial charge in [0.1, 0.15) is 5.75 Å². The van der Waals surface area contributed by atoms with Crippen LogP contribution < -0.4 is 4.74 Å². The quantitative estimate of drug-likeness (QED) is 0.549. The van der Waals surface area contributed by atoms with Crippen LogP contribution in [0.4, 0.5) is 0 Å². The van der Waals surface area contributed by atoms with Gasteiger partial charge in [-0.05, 0) is 36.1 Å². The predicted molar refractivity (Wildman–Crippen MR) is 56.3 cm³/mol. The van der Waals surface area contributed by atoms with Gasteiger partial charge in [0.2, 0.25) is 6.20 Å². The second-order valence-corrected chi connectivity index (χ2v) is 3.42. The number of aryl methyl sites for hydroxylation is 1. The van der Waals surface area contributed by atoms with Gasteiger partial charge in [-0.1, -0.05) is 6.07 Å². The first-order chi connectivity index (χ1) is 7.25. The van der Waals surface area contributed by atoms with E-state index in [-0.39, 0.29) is 0 Å². The van der Waals surface area contributed by atoms with E-state index < -0.39 is 4.92 Å². The number of nitro groups is 1. The highest BCUT2D eigenvalue weighted by molar-refractivity contribution is 5.52. The largest absolute Gasteiger partial charge is 0.493 e. The average Bonchev–Trinajstić information content (AvgIpc) is 2.26. The number of benzene rings is 1. The standard InChI is InChI=1S/C11H11NO3/c13-12(14)6-5-9-3-4-11-10(8-9)2-1-7-15-11/h3-6,8H,1-2,7H2/b6-5+. The lowest BCUT2D eigenvalue weighted by Gasteiger charge is -2.16. The molecular weight excluding hydrogens is 194 g/mol. The summed E-state index contributed by atoms with van der Waals surface area (Å²) in [5, 5.41) is 10.2. The molecule has 1 aromatic carbocycles. The van der Waals surface area contributed by atoms with E-state index >= 15 is 0 Å². The van der Waals surface area contributed by atoms with Gasteiger partial charge >= 0.3 is 0 Å². The zero-order valence-corrected chi connectivity index (χ0v) is 8.18. The molecule has 1 aliphatic rings. The molecule has 0 N–H and O–H groups in total. The monoisotopic (exact) mass is 205 g/mol. The molecule has 0 saturated heterocycles. The number of hydrogen-bond donors (Lipinski definition) is 0. The van der Waals surface area contributed by atoms with Crippen LogP contribution in [-0.2, 0) is 6.42 Å².